The van der Waals surface area contributed by atoms with Gasteiger partial charge in [0.15, 0.2) is 5.65 Å². The average Bonchev–Trinajstić information content (AvgIpc) is 2.62. The number of esters is 1. The number of hydrogen-bond donors (Lipinski definition) is 1. The lowest BCUT2D eigenvalue weighted by molar-refractivity contribution is -0.137. The molecule has 2 aromatic heterocycles. The summed E-state index contributed by atoms with van der Waals surface area (Å²) < 4.78 is 44.3. The summed E-state index contributed by atoms with van der Waals surface area (Å²) in [6.45, 7) is 3.55. The predicted molar refractivity (Wildman–Crippen MR) is 107 cm³/mol. The summed E-state index contributed by atoms with van der Waals surface area (Å²) in [5.41, 5.74) is 0.441. The molecule has 0 saturated heterocycles. The smallest absolute Gasteiger partial charge is 0.416 e. The highest BCUT2D eigenvalue weighted by Gasteiger charge is 2.31. The van der Waals surface area contributed by atoms with Gasteiger partial charge in [0.25, 0.3) is 0 Å². The molecule has 0 amide bonds. The zero-order valence-electron chi connectivity index (χ0n) is 15.3. The monoisotopic (exact) mass is 445 g/mol. The van der Waals surface area contributed by atoms with Gasteiger partial charge in [0.2, 0.25) is 0 Å². The molecule has 2 heterocycles. The minimum Gasteiger partial charge on any atom is -0.462 e. The molecule has 5 nitrogen and oxygen atoms in total. The summed E-state index contributed by atoms with van der Waals surface area (Å²) in [7, 11) is 0. The van der Waals surface area contributed by atoms with E-state index < -0.39 is 17.7 Å². The van der Waals surface area contributed by atoms with Crippen molar-refractivity contribution in [1.29, 1.82) is 0 Å². The fraction of sp³-hybridized carbons (Fsp3) is 0.211. The highest BCUT2D eigenvalue weighted by atomic mass is 35.5. The highest BCUT2D eigenvalue weighted by molar-refractivity contribution is 6.33. The van der Waals surface area contributed by atoms with Crippen LogP contribution in [0.1, 0.15) is 28.5 Å². The molecule has 29 heavy (non-hydrogen) atoms. The molecule has 0 aliphatic heterocycles. The molecule has 10 heteroatoms. The van der Waals surface area contributed by atoms with Crippen LogP contribution in [0.2, 0.25) is 5.02 Å². The first kappa shape index (κ1) is 22.7. The van der Waals surface area contributed by atoms with Crippen LogP contribution in [-0.4, -0.2) is 22.5 Å². The molecule has 0 aliphatic carbocycles. The van der Waals surface area contributed by atoms with Gasteiger partial charge in [-0.1, -0.05) is 11.6 Å². The Hall–Kier alpha value is -2.58. The van der Waals surface area contributed by atoms with Gasteiger partial charge in [-0.15, -0.1) is 12.4 Å². The summed E-state index contributed by atoms with van der Waals surface area (Å²) in [5.74, 6) is -0.664. The molecule has 0 bridgehead atoms. The van der Waals surface area contributed by atoms with Crippen LogP contribution in [0.25, 0.3) is 11.0 Å². The molecule has 0 fully saturated rings. The van der Waals surface area contributed by atoms with E-state index in [9.17, 15) is 18.0 Å². The van der Waals surface area contributed by atoms with Crippen molar-refractivity contribution in [2.75, 3.05) is 11.9 Å². The lowest BCUT2D eigenvalue weighted by Crippen LogP contribution is -2.10. The van der Waals surface area contributed by atoms with Crippen molar-refractivity contribution >= 4 is 52.4 Å². The second-order valence-corrected chi connectivity index (χ2v) is 6.32. The Morgan fingerprint density at radius 3 is 2.62 bits per heavy atom. The van der Waals surface area contributed by atoms with Crippen LogP contribution in [0, 0.1) is 6.92 Å². The first-order valence-corrected chi connectivity index (χ1v) is 8.65. The van der Waals surface area contributed by atoms with E-state index in [1.165, 1.54) is 6.20 Å². The fourth-order valence-electron chi connectivity index (χ4n) is 2.60. The van der Waals surface area contributed by atoms with E-state index in [-0.39, 0.29) is 41.0 Å². The molecule has 0 radical (unpaired) electrons. The summed E-state index contributed by atoms with van der Waals surface area (Å²) in [6.07, 6.45) is -3.26. The number of fused-ring (bicyclic) bond motifs is 1. The van der Waals surface area contributed by atoms with E-state index in [0.29, 0.717) is 16.7 Å². The fourth-order valence-corrected chi connectivity index (χ4v) is 2.77. The van der Waals surface area contributed by atoms with Crippen LogP contribution in [0.15, 0.2) is 36.5 Å². The van der Waals surface area contributed by atoms with Gasteiger partial charge < -0.3 is 10.1 Å². The third kappa shape index (κ3) is 4.89. The molecule has 0 aliphatic rings. The summed E-state index contributed by atoms with van der Waals surface area (Å²) in [4.78, 5) is 20.8. The number of nitrogens with zero attached hydrogens (tertiary/aromatic N) is 2. The Kier molecular flexibility index (Phi) is 6.92. The minimum absolute atomic E-state index is 0. The number of nitrogens with one attached hydrogen (secondary N) is 1. The molecule has 154 valence electrons. The van der Waals surface area contributed by atoms with Crippen molar-refractivity contribution in [3.8, 4) is 0 Å². The number of aryl methyl sites for hydroxylation is 1. The molecule has 0 unspecified atom stereocenters. The number of benzene rings is 1. The Balaban J connectivity index is 0.00000300. The van der Waals surface area contributed by atoms with Crippen LogP contribution in [-0.2, 0) is 10.9 Å². The lowest BCUT2D eigenvalue weighted by Gasteiger charge is -2.16. The zero-order valence-corrected chi connectivity index (χ0v) is 16.9. The largest absolute Gasteiger partial charge is 0.462 e. The number of hydrogen-bond acceptors (Lipinski definition) is 5. The quantitative estimate of drug-likeness (QED) is 0.502. The SMILES string of the molecule is CCOC(=O)c1cnc2nc(C)ccc2c1Nc1cc(C(F)(F)F)ccc1Cl.Cl. The number of aromatic nitrogens is 2. The van der Waals surface area contributed by atoms with Crippen molar-refractivity contribution in [1.82, 2.24) is 9.97 Å². The molecular weight excluding hydrogens is 430 g/mol. The number of carbonyl (C=O) groups excluding carboxylic acids is 1. The van der Waals surface area contributed by atoms with Gasteiger partial charge in [-0.2, -0.15) is 13.2 Å². The van der Waals surface area contributed by atoms with Crippen molar-refractivity contribution in [2.45, 2.75) is 20.0 Å². The van der Waals surface area contributed by atoms with Crippen LogP contribution < -0.4 is 5.32 Å². The lowest BCUT2D eigenvalue weighted by atomic mass is 10.1. The Morgan fingerprint density at radius 1 is 1.24 bits per heavy atom. The number of halogens is 5. The number of anilines is 2. The number of pyridine rings is 2. The number of ether oxygens (including phenoxy) is 1. The average molecular weight is 446 g/mol. The standard InChI is InChI=1S/C19H15ClF3N3O2.ClH/c1-3-28-18(27)13-9-24-17-12(6-4-10(2)25-17)16(13)26-15-8-11(19(21,22)23)5-7-14(15)20;/h4-9H,3H2,1-2H3,(H,24,25,26);1H. The van der Waals surface area contributed by atoms with E-state index in [0.717, 1.165) is 18.2 Å². The van der Waals surface area contributed by atoms with Gasteiger partial charge in [-0.25, -0.2) is 14.8 Å². The molecule has 0 spiro atoms. The summed E-state index contributed by atoms with van der Waals surface area (Å²) in [5, 5.41) is 3.35. The van der Waals surface area contributed by atoms with Crippen molar-refractivity contribution in [2.24, 2.45) is 0 Å². The Bertz CT molecular complexity index is 1060. The van der Waals surface area contributed by atoms with Crippen LogP contribution in [0.4, 0.5) is 24.5 Å². The number of carbonyl (C=O) groups is 1. The molecule has 0 atom stereocenters. The maximum Gasteiger partial charge on any atom is 0.416 e. The Labute approximate surface area is 175 Å². The van der Waals surface area contributed by atoms with E-state index in [1.54, 1.807) is 26.0 Å². The summed E-state index contributed by atoms with van der Waals surface area (Å²) >= 11 is 6.09. The van der Waals surface area contributed by atoms with Crippen molar-refractivity contribution < 1.29 is 22.7 Å². The maximum atomic E-state index is 13.1. The van der Waals surface area contributed by atoms with Gasteiger partial charge in [0, 0.05) is 17.3 Å². The maximum absolute atomic E-state index is 13.1. The van der Waals surface area contributed by atoms with E-state index in [1.807, 2.05) is 0 Å². The van der Waals surface area contributed by atoms with E-state index in [2.05, 4.69) is 15.3 Å². The zero-order chi connectivity index (χ0) is 20.5. The third-order valence-electron chi connectivity index (χ3n) is 3.92. The van der Waals surface area contributed by atoms with E-state index >= 15 is 0 Å². The van der Waals surface area contributed by atoms with E-state index in [4.69, 9.17) is 16.3 Å². The van der Waals surface area contributed by atoms with Crippen LogP contribution in [0.3, 0.4) is 0 Å². The van der Waals surface area contributed by atoms with Crippen molar-refractivity contribution in [3.05, 3.63) is 58.4 Å². The molecular formula is C19H16Cl2F3N3O2. The molecule has 0 saturated carbocycles. The first-order valence-electron chi connectivity index (χ1n) is 8.28. The van der Waals surface area contributed by atoms with Crippen molar-refractivity contribution in [3.63, 3.8) is 0 Å². The second-order valence-electron chi connectivity index (χ2n) is 5.91. The number of alkyl halides is 3. The molecule has 3 aromatic rings. The summed E-state index contributed by atoms with van der Waals surface area (Å²) in [6, 6.07) is 6.29. The van der Waals surface area contributed by atoms with Crippen LogP contribution >= 0.6 is 24.0 Å². The number of rotatable bonds is 4. The Morgan fingerprint density at radius 2 is 1.97 bits per heavy atom. The topological polar surface area (TPSA) is 64.1 Å². The second kappa shape index (κ2) is 8.84. The highest BCUT2D eigenvalue weighted by Crippen LogP contribution is 2.37. The molecule has 1 aromatic carbocycles. The third-order valence-corrected chi connectivity index (χ3v) is 4.25. The normalized spacial score (nSPS) is 11.1. The molecule has 3 rings (SSSR count). The minimum atomic E-state index is -4.54. The molecule has 1 N–H and O–H groups in total. The predicted octanol–water partition coefficient (Wildman–Crippen LogP) is 5.95. The van der Waals surface area contributed by atoms with Gasteiger partial charge in [-0.05, 0) is 44.2 Å². The van der Waals surface area contributed by atoms with Gasteiger partial charge in [-0.3, -0.25) is 0 Å². The van der Waals surface area contributed by atoms with Gasteiger partial charge in [0.05, 0.1) is 28.6 Å². The van der Waals surface area contributed by atoms with Crippen LogP contribution in [0.5, 0.6) is 0 Å². The van der Waals surface area contributed by atoms with Gasteiger partial charge >= 0.3 is 12.1 Å². The first-order chi connectivity index (χ1) is 13.2. The van der Waals surface area contributed by atoms with Gasteiger partial charge in [0.1, 0.15) is 5.56 Å².